The zero-order valence-electron chi connectivity index (χ0n) is 23.5. The molecule has 3 N–H and O–H groups in total. The first-order chi connectivity index (χ1) is 20.4. The number of imide groups is 1. The van der Waals surface area contributed by atoms with Gasteiger partial charge in [-0.15, -0.1) is 0 Å². The largest absolute Gasteiger partial charge is 0.508 e. The number of hydrogen-bond donors (Lipinski definition) is 3. The average Bonchev–Trinajstić information content (AvgIpc) is 3.25. The highest BCUT2D eigenvalue weighted by Crippen LogP contribution is 2.51. The van der Waals surface area contributed by atoms with Crippen LogP contribution >= 0.6 is 11.6 Å². The van der Waals surface area contributed by atoms with Gasteiger partial charge < -0.3 is 19.9 Å². The Bertz CT molecular complexity index is 1410. The number of carbonyl (C=O) groups excluding carboxylic acids is 2. The van der Waals surface area contributed by atoms with E-state index < -0.39 is 25.1 Å². The van der Waals surface area contributed by atoms with Crippen LogP contribution in [-0.4, -0.2) is 62.8 Å². The standard InChI is InChI=1S/C32H36BClN2O6/c34-26-16-23(38)11-9-19(26)14-20(27-8-4-5-13-35-27)10-12-28-29-21(18-37)15-24-30(25(29)17-33(41)42-28)32(40)36(31(24)39)22-6-2-1-3-7-22/h4-5,8-9,11,13-14,16,22,24-25,28,30,37-38,41H,1-3,6-7,10,12,15,17-18H2/b20-14-/t24-,25+,28-,30-/m1/s1. The number of nitrogens with zero attached hydrogens (tertiary/aromatic N) is 2. The van der Waals surface area contributed by atoms with Crippen molar-refractivity contribution in [3.8, 4) is 5.75 Å². The fraction of sp³-hybridized carbons (Fsp3) is 0.469. The van der Waals surface area contributed by atoms with E-state index in [1.165, 1.54) is 11.0 Å². The number of amides is 2. The molecule has 2 saturated heterocycles. The van der Waals surface area contributed by atoms with E-state index in [0.717, 1.165) is 60.1 Å². The molecule has 4 aliphatic rings. The molecule has 3 fully saturated rings. The molecule has 0 radical (unpaired) electrons. The topological polar surface area (TPSA) is 120 Å². The summed E-state index contributed by atoms with van der Waals surface area (Å²) in [5, 5.41) is 31.5. The normalized spacial score (nSPS) is 27.0. The predicted octanol–water partition coefficient (Wildman–Crippen LogP) is 4.88. The van der Waals surface area contributed by atoms with Crippen LogP contribution in [0, 0.1) is 17.8 Å². The number of hydrogen-bond acceptors (Lipinski definition) is 7. The van der Waals surface area contributed by atoms with Crippen molar-refractivity contribution in [1.29, 1.82) is 0 Å². The third kappa shape index (κ3) is 5.55. The first-order valence-electron chi connectivity index (χ1n) is 15.0. The van der Waals surface area contributed by atoms with Crippen LogP contribution in [0.4, 0.5) is 0 Å². The summed E-state index contributed by atoms with van der Waals surface area (Å²) >= 11 is 6.42. The molecule has 2 aliphatic heterocycles. The minimum absolute atomic E-state index is 0.0521. The zero-order chi connectivity index (χ0) is 29.4. The maximum absolute atomic E-state index is 13.9. The fourth-order valence-electron chi connectivity index (χ4n) is 7.57. The van der Waals surface area contributed by atoms with Crippen molar-refractivity contribution >= 4 is 42.2 Å². The van der Waals surface area contributed by atoms with Gasteiger partial charge in [-0.05, 0) is 103 Å². The Labute approximate surface area is 251 Å². The Morgan fingerprint density at radius 2 is 1.93 bits per heavy atom. The summed E-state index contributed by atoms with van der Waals surface area (Å²) in [6, 6.07) is 10.4. The van der Waals surface area contributed by atoms with E-state index in [1.54, 1.807) is 18.3 Å². The van der Waals surface area contributed by atoms with Crippen molar-refractivity contribution in [2.24, 2.45) is 17.8 Å². The summed E-state index contributed by atoms with van der Waals surface area (Å²) < 4.78 is 6.09. The van der Waals surface area contributed by atoms with Gasteiger partial charge in [-0.25, -0.2) is 0 Å². The zero-order valence-corrected chi connectivity index (χ0v) is 24.2. The first-order valence-corrected chi connectivity index (χ1v) is 15.4. The molecule has 1 aromatic carbocycles. The number of pyridine rings is 1. The van der Waals surface area contributed by atoms with Crippen LogP contribution in [0.25, 0.3) is 11.6 Å². The van der Waals surface area contributed by atoms with E-state index in [0.29, 0.717) is 24.3 Å². The summed E-state index contributed by atoms with van der Waals surface area (Å²) in [5.41, 5.74) is 3.98. The van der Waals surface area contributed by atoms with Crippen LogP contribution in [0.5, 0.6) is 5.75 Å². The Balaban J connectivity index is 1.30. The van der Waals surface area contributed by atoms with Crippen molar-refractivity contribution in [3.63, 3.8) is 0 Å². The molecule has 8 nitrogen and oxygen atoms in total. The van der Waals surface area contributed by atoms with Gasteiger partial charge in [0.1, 0.15) is 5.75 Å². The Hall–Kier alpha value is -2.98. The molecule has 0 bridgehead atoms. The van der Waals surface area contributed by atoms with Crippen LogP contribution in [0.3, 0.4) is 0 Å². The number of rotatable bonds is 7. The lowest BCUT2D eigenvalue weighted by molar-refractivity contribution is -0.143. The molecule has 6 rings (SSSR count). The fourth-order valence-corrected chi connectivity index (χ4v) is 7.80. The number of benzene rings is 1. The molecule has 2 amide bonds. The van der Waals surface area contributed by atoms with Crippen LogP contribution in [0.15, 0.2) is 53.7 Å². The molecule has 1 aromatic heterocycles. The van der Waals surface area contributed by atoms with Crippen molar-refractivity contribution in [2.75, 3.05) is 6.61 Å². The molecule has 2 aliphatic carbocycles. The molecular weight excluding hydrogens is 555 g/mol. The molecule has 4 atom stereocenters. The second kappa shape index (κ2) is 12.3. The van der Waals surface area contributed by atoms with Gasteiger partial charge in [0.2, 0.25) is 11.8 Å². The van der Waals surface area contributed by atoms with E-state index in [1.807, 2.05) is 24.3 Å². The van der Waals surface area contributed by atoms with Gasteiger partial charge in [-0.2, -0.15) is 0 Å². The number of carbonyl (C=O) groups is 2. The van der Waals surface area contributed by atoms with Gasteiger partial charge in [0.05, 0.1) is 35.3 Å². The number of allylic oxidation sites excluding steroid dienone is 1. The van der Waals surface area contributed by atoms with Gasteiger partial charge in [0.25, 0.3) is 0 Å². The SMILES string of the molecule is O=C1[C@@H]2[C@@H](CC(CO)=C3[C@@H](CC/C(=C/c4ccc(O)cc4Cl)c4ccccn4)OB(O)C[C@@H]32)C(=O)N1C1CCCCC1. The Morgan fingerprint density at radius 1 is 1.12 bits per heavy atom. The predicted molar refractivity (Wildman–Crippen MR) is 160 cm³/mol. The summed E-state index contributed by atoms with van der Waals surface area (Å²) in [7, 11) is -1.08. The van der Waals surface area contributed by atoms with Gasteiger partial charge in [-0.1, -0.05) is 36.9 Å². The first kappa shape index (κ1) is 29.1. The molecule has 10 heteroatoms. The van der Waals surface area contributed by atoms with Gasteiger partial charge in [-0.3, -0.25) is 19.5 Å². The molecule has 0 unspecified atom stereocenters. The molecule has 2 aromatic rings. The number of likely N-dealkylation sites (tertiary alicyclic amines) is 1. The minimum Gasteiger partial charge on any atom is -0.508 e. The highest BCUT2D eigenvalue weighted by Gasteiger charge is 2.58. The van der Waals surface area contributed by atoms with E-state index in [2.05, 4.69) is 4.98 Å². The number of phenolic OH excluding ortho intramolecular Hbond substituents is 1. The number of halogens is 1. The number of aliphatic hydroxyl groups is 1. The quantitative estimate of drug-likeness (QED) is 0.239. The summed E-state index contributed by atoms with van der Waals surface area (Å²) in [6.45, 7) is -0.220. The molecular formula is C32H36BClN2O6. The maximum Gasteiger partial charge on any atom is 0.455 e. The second-order valence-electron chi connectivity index (χ2n) is 11.9. The van der Waals surface area contributed by atoms with Crippen molar-refractivity contribution < 1.29 is 29.5 Å². The van der Waals surface area contributed by atoms with Crippen molar-refractivity contribution in [1.82, 2.24) is 9.88 Å². The third-order valence-corrected chi connectivity index (χ3v) is 9.78. The van der Waals surface area contributed by atoms with Crippen LogP contribution in [-0.2, 0) is 14.2 Å². The number of phenols is 1. The van der Waals surface area contributed by atoms with Crippen LogP contribution < -0.4 is 0 Å². The number of fused-ring (bicyclic) bond motifs is 3. The van der Waals surface area contributed by atoms with Crippen LogP contribution in [0.1, 0.15) is 62.6 Å². The van der Waals surface area contributed by atoms with Crippen molar-refractivity contribution in [3.05, 3.63) is 70.0 Å². The Kier molecular flexibility index (Phi) is 8.55. The minimum atomic E-state index is -1.08. The maximum atomic E-state index is 13.9. The van der Waals surface area contributed by atoms with Gasteiger partial charge >= 0.3 is 7.12 Å². The number of aromatic hydroxyl groups is 1. The molecule has 0 spiro atoms. The average molecular weight is 591 g/mol. The van der Waals surface area contributed by atoms with E-state index in [-0.39, 0.29) is 42.5 Å². The van der Waals surface area contributed by atoms with E-state index >= 15 is 0 Å². The molecule has 1 saturated carbocycles. The molecule has 3 heterocycles. The van der Waals surface area contributed by atoms with Gasteiger partial charge in [0, 0.05) is 12.2 Å². The molecule has 220 valence electrons. The summed E-state index contributed by atoms with van der Waals surface area (Å²) in [6.07, 6.45) is 9.50. The lowest BCUT2D eigenvalue weighted by Crippen LogP contribution is -2.47. The highest BCUT2D eigenvalue weighted by atomic mass is 35.5. The number of aliphatic hydroxyl groups excluding tert-OH is 1. The highest BCUT2D eigenvalue weighted by molar-refractivity contribution is 6.43. The lowest BCUT2D eigenvalue weighted by atomic mass is 9.58. The Morgan fingerprint density at radius 3 is 2.64 bits per heavy atom. The van der Waals surface area contributed by atoms with E-state index in [4.69, 9.17) is 16.3 Å². The van der Waals surface area contributed by atoms with Crippen molar-refractivity contribution in [2.45, 2.75) is 69.8 Å². The third-order valence-electron chi connectivity index (χ3n) is 9.46. The second-order valence-corrected chi connectivity index (χ2v) is 12.3. The smallest absolute Gasteiger partial charge is 0.455 e. The summed E-state index contributed by atoms with van der Waals surface area (Å²) in [4.78, 5) is 33.6. The summed E-state index contributed by atoms with van der Waals surface area (Å²) in [5.74, 6) is -1.56. The number of aromatic nitrogens is 1. The van der Waals surface area contributed by atoms with Crippen LogP contribution in [0.2, 0.25) is 11.3 Å². The monoisotopic (exact) mass is 590 g/mol. The van der Waals surface area contributed by atoms with Gasteiger partial charge in [0.15, 0.2) is 0 Å². The lowest BCUT2D eigenvalue weighted by Gasteiger charge is -2.43. The van der Waals surface area contributed by atoms with E-state index in [9.17, 15) is 24.8 Å². The molecule has 42 heavy (non-hydrogen) atoms.